The van der Waals surface area contributed by atoms with Gasteiger partial charge in [0.1, 0.15) is 11.7 Å². The highest BCUT2D eigenvalue weighted by atomic mass is 35.5. The summed E-state index contributed by atoms with van der Waals surface area (Å²) in [6, 6.07) is 7.54. The number of imide groups is 2. The minimum Gasteiger partial charge on any atom is -0.546 e. The van der Waals surface area contributed by atoms with Gasteiger partial charge in [-0.2, -0.15) is 0 Å². The van der Waals surface area contributed by atoms with E-state index in [2.05, 4.69) is 5.32 Å². The summed E-state index contributed by atoms with van der Waals surface area (Å²) in [7, 11) is 1.34. The number of methoxy groups -OCH3 is 1. The molecular weight excluding hydrogens is 463 g/mol. The molecule has 1 aliphatic rings. The quantitative estimate of drug-likeness (QED) is 0.499. The molecule has 166 valence electrons. The third-order valence-corrected chi connectivity index (χ3v) is 4.92. The number of urea groups is 1. The SMILES string of the molecule is COc1cc(/C=C2/C(=O)NC(=O)N(c3ccc(Cl)cc3Cl)C2=O)ccc1O[C@H](C)C(=O)[O-]. The maximum Gasteiger partial charge on any atom is 0.335 e. The Morgan fingerprint density at radius 3 is 2.47 bits per heavy atom. The zero-order chi connectivity index (χ0) is 23.6. The number of halogens is 2. The lowest BCUT2D eigenvalue weighted by Crippen LogP contribution is -2.54. The van der Waals surface area contributed by atoms with Crippen molar-refractivity contribution < 1.29 is 33.8 Å². The summed E-state index contributed by atoms with van der Waals surface area (Å²) in [4.78, 5) is 49.3. The maximum atomic E-state index is 13.0. The number of carboxylic acids is 1. The van der Waals surface area contributed by atoms with Crippen molar-refractivity contribution in [3.8, 4) is 11.5 Å². The minimum atomic E-state index is -1.41. The number of benzene rings is 2. The molecule has 0 bridgehead atoms. The van der Waals surface area contributed by atoms with Crippen molar-refractivity contribution in [2.45, 2.75) is 13.0 Å². The van der Waals surface area contributed by atoms with Crippen LogP contribution >= 0.6 is 23.2 Å². The minimum absolute atomic E-state index is 0.0416. The van der Waals surface area contributed by atoms with Crippen LogP contribution in [0, 0.1) is 0 Å². The van der Waals surface area contributed by atoms with Crippen LogP contribution in [0.3, 0.4) is 0 Å². The number of amides is 4. The molecule has 0 radical (unpaired) electrons. The lowest BCUT2D eigenvalue weighted by molar-refractivity contribution is -0.312. The molecule has 2 aromatic rings. The van der Waals surface area contributed by atoms with Gasteiger partial charge >= 0.3 is 6.03 Å². The largest absolute Gasteiger partial charge is 0.546 e. The van der Waals surface area contributed by atoms with Crippen molar-refractivity contribution in [3.63, 3.8) is 0 Å². The van der Waals surface area contributed by atoms with Gasteiger partial charge in [-0.15, -0.1) is 0 Å². The summed E-state index contributed by atoms with van der Waals surface area (Å²) >= 11 is 12.0. The second-order valence-corrected chi connectivity index (χ2v) is 7.39. The number of hydrogen-bond donors (Lipinski definition) is 1. The van der Waals surface area contributed by atoms with Crippen LogP contribution in [0.5, 0.6) is 11.5 Å². The van der Waals surface area contributed by atoms with Gasteiger partial charge in [-0.25, -0.2) is 9.69 Å². The molecule has 1 aliphatic heterocycles. The van der Waals surface area contributed by atoms with Crippen LogP contribution < -0.4 is 24.8 Å². The van der Waals surface area contributed by atoms with Crippen LogP contribution in [0.4, 0.5) is 10.5 Å². The van der Waals surface area contributed by atoms with Crippen LogP contribution in [-0.4, -0.2) is 37.0 Å². The Morgan fingerprint density at radius 1 is 1.12 bits per heavy atom. The third-order valence-electron chi connectivity index (χ3n) is 4.39. The molecule has 9 nitrogen and oxygen atoms in total. The number of hydrogen-bond acceptors (Lipinski definition) is 7. The second-order valence-electron chi connectivity index (χ2n) is 6.54. The van der Waals surface area contributed by atoms with Gasteiger partial charge in [-0.1, -0.05) is 29.3 Å². The predicted octanol–water partition coefficient (Wildman–Crippen LogP) is 2.19. The molecule has 1 fully saturated rings. The summed E-state index contributed by atoms with van der Waals surface area (Å²) in [6.45, 7) is 1.29. The first-order valence-corrected chi connectivity index (χ1v) is 9.80. The van der Waals surface area contributed by atoms with Gasteiger partial charge in [0.15, 0.2) is 11.5 Å². The molecule has 2 aromatic carbocycles. The molecule has 1 atom stereocenters. The molecule has 3 rings (SSSR count). The molecule has 4 amide bonds. The summed E-state index contributed by atoms with van der Waals surface area (Å²) in [5, 5.41) is 13.3. The van der Waals surface area contributed by atoms with Gasteiger partial charge < -0.3 is 19.4 Å². The Hall–Kier alpha value is -3.56. The number of nitrogens with zero attached hydrogens (tertiary/aromatic N) is 1. The monoisotopic (exact) mass is 477 g/mol. The Morgan fingerprint density at radius 2 is 1.84 bits per heavy atom. The van der Waals surface area contributed by atoms with Crippen molar-refractivity contribution in [2.24, 2.45) is 0 Å². The van der Waals surface area contributed by atoms with Crippen LogP contribution in [-0.2, 0) is 14.4 Å². The lowest BCUT2D eigenvalue weighted by Gasteiger charge is -2.27. The number of barbiturate groups is 1. The number of rotatable bonds is 6. The highest BCUT2D eigenvalue weighted by Crippen LogP contribution is 2.33. The number of nitrogens with one attached hydrogen (secondary N) is 1. The molecular formula is C21H15Cl2N2O7-. The fourth-order valence-electron chi connectivity index (χ4n) is 2.82. The predicted molar refractivity (Wildman–Crippen MR) is 114 cm³/mol. The van der Waals surface area contributed by atoms with E-state index in [-0.39, 0.29) is 27.8 Å². The first kappa shape index (κ1) is 23.1. The van der Waals surface area contributed by atoms with Crippen molar-refractivity contribution in [1.82, 2.24) is 5.32 Å². The van der Waals surface area contributed by atoms with E-state index in [0.717, 1.165) is 4.90 Å². The molecule has 32 heavy (non-hydrogen) atoms. The zero-order valence-electron chi connectivity index (χ0n) is 16.7. The highest BCUT2D eigenvalue weighted by molar-refractivity contribution is 6.42. The summed E-state index contributed by atoms with van der Waals surface area (Å²) in [6.07, 6.45) is 0.0116. The molecule has 1 saturated heterocycles. The van der Waals surface area contributed by atoms with Crippen LogP contribution in [0.2, 0.25) is 10.0 Å². The second kappa shape index (κ2) is 9.29. The fraction of sp³-hybridized carbons (Fsp3) is 0.143. The van der Waals surface area contributed by atoms with Crippen LogP contribution in [0.25, 0.3) is 6.08 Å². The van der Waals surface area contributed by atoms with Gasteiger partial charge in [-0.3, -0.25) is 14.9 Å². The summed E-state index contributed by atoms with van der Waals surface area (Å²) < 4.78 is 10.5. The Kier molecular flexibility index (Phi) is 6.71. The Labute approximate surface area is 192 Å². The molecule has 11 heteroatoms. The topological polar surface area (TPSA) is 125 Å². The number of carbonyl (C=O) groups excluding carboxylic acids is 4. The number of carbonyl (C=O) groups is 4. The first-order valence-electron chi connectivity index (χ1n) is 9.04. The van der Waals surface area contributed by atoms with E-state index >= 15 is 0 Å². The fourth-order valence-corrected chi connectivity index (χ4v) is 3.31. The summed E-state index contributed by atoms with van der Waals surface area (Å²) in [5.41, 5.74) is 0.0642. The standard InChI is InChI=1S/C21H16Cl2N2O7/c1-10(20(28)29)32-16-6-3-11(8-17(16)31-2)7-13-18(26)24-21(30)25(19(13)27)15-5-4-12(22)9-14(15)23/h3-10H,1-2H3,(H,28,29)(H,24,26,30)/p-1/b13-7-/t10-/m1/s1. The molecule has 1 heterocycles. The van der Waals surface area contributed by atoms with Crippen molar-refractivity contribution in [2.75, 3.05) is 12.0 Å². The lowest BCUT2D eigenvalue weighted by atomic mass is 10.1. The number of carboxylic acid groups (broad SMARTS) is 1. The molecule has 0 unspecified atom stereocenters. The normalized spacial score (nSPS) is 16.1. The average molecular weight is 478 g/mol. The summed E-state index contributed by atoms with van der Waals surface area (Å²) in [5.74, 6) is -2.92. The van der Waals surface area contributed by atoms with Crippen molar-refractivity contribution in [1.29, 1.82) is 0 Å². The average Bonchev–Trinajstić information content (AvgIpc) is 2.73. The van der Waals surface area contributed by atoms with E-state index in [1.165, 1.54) is 56.5 Å². The van der Waals surface area contributed by atoms with E-state index in [9.17, 15) is 24.3 Å². The zero-order valence-corrected chi connectivity index (χ0v) is 18.2. The van der Waals surface area contributed by atoms with Gasteiger partial charge in [0.25, 0.3) is 11.8 Å². The van der Waals surface area contributed by atoms with Gasteiger partial charge in [0, 0.05) is 5.02 Å². The smallest absolute Gasteiger partial charge is 0.335 e. The van der Waals surface area contributed by atoms with Crippen LogP contribution in [0.1, 0.15) is 12.5 Å². The maximum absolute atomic E-state index is 13.0. The molecule has 0 saturated carbocycles. The van der Waals surface area contributed by atoms with E-state index in [1.54, 1.807) is 0 Å². The van der Waals surface area contributed by atoms with Gasteiger partial charge in [-0.05, 0) is 48.9 Å². The third kappa shape index (κ3) is 4.68. The molecule has 1 N–H and O–H groups in total. The van der Waals surface area contributed by atoms with Crippen LogP contribution in [0.15, 0.2) is 42.0 Å². The number of ether oxygens (including phenoxy) is 2. The Bertz CT molecular complexity index is 1160. The molecule has 0 aliphatic carbocycles. The van der Waals surface area contributed by atoms with E-state index in [1.807, 2.05) is 0 Å². The first-order chi connectivity index (χ1) is 15.1. The molecule has 0 spiro atoms. The van der Waals surface area contributed by atoms with Crippen molar-refractivity contribution >= 4 is 58.8 Å². The van der Waals surface area contributed by atoms with Gasteiger partial charge in [0.2, 0.25) is 0 Å². The van der Waals surface area contributed by atoms with E-state index < -0.39 is 29.9 Å². The van der Waals surface area contributed by atoms with E-state index in [4.69, 9.17) is 32.7 Å². The van der Waals surface area contributed by atoms with Crippen molar-refractivity contribution in [3.05, 3.63) is 57.6 Å². The van der Waals surface area contributed by atoms with E-state index in [0.29, 0.717) is 10.6 Å². The molecule has 0 aromatic heterocycles. The van der Waals surface area contributed by atoms with Gasteiger partial charge in [0.05, 0.1) is 23.8 Å². The number of anilines is 1. The highest BCUT2D eigenvalue weighted by Gasteiger charge is 2.37. The number of aliphatic carboxylic acids is 1. The Balaban J connectivity index is 1.97.